The number of aliphatic hydroxyl groups is 1. The smallest absolute Gasteiger partial charge is 0.247 e. The van der Waals surface area contributed by atoms with Crippen LogP contribution in [0.1, 0.15) is 61.5 Å². The van der Waals surface area contributed by atoms with Crippen molar-refractivity contribution in [3.63, 3.8) is 0 Å². The molecule has 2 fully saturated rings. The summed E-state index contributed by atoms with van der Waals surface area (Å²) in [6.45, 7) is 5.77. The lowest BCUT2D eigenvalue weighted by Crippen LogP contribution is -2.58. The number of hydrogen-bond acceptors (Lipinski definition) is 8. The van der Waals surface area contributed by atoms with Crippen molar-refractivity contribution in [1.29, 1.82) is 0 Å². The zero-order valence-electron chi connectivity index (χ0n) is 38.2. The number of nitrogens with one attached hydrogen (secondary N) is 1. The number of nitrogens with zero attached hydrogens (tertiary/aromatic N) is 6. The van der Waals surface area contributed by atoms with Crippen molar-refractivity contribution in [2.45, 2.75) is 76.7 Å². The lowest BCUT2D eigenvalue weighted by Gasteiger charge is -2.38. The maximum atomic E-state index is 14.9. The van der Waals surface area contributed by atoms with Gasteiger partial charge in [0.25, 0.3) is 0 Å². The Morgan fingerprint density at radius 3 is 2.21 bits per heavy atom. The van der Waals surface area contributed by atoms with Crippen LogP contribution in [0.15, 0.2) is 103 Å². The number of carbonyl (C=O) groups is 4. The van der Waals surface area contributed by atoms with E-state index in [4.69, 9.17) is 32.9 Å². The molecule has 3 heterocycles. The van der Waals surface area contributed by atoms with Crippen LogP contribution < -0.4 is 10.1 Å². The van der Waals surface area contributed by atoms with Gasteiger partial charge in [-0.05, 0) is 105 Å². The van der Waals surface area contributed by atoms with E-state index >= 15 is 0 Å². The van der Waals surface area contributed by atoms with Crippen molar-refractivity contribution in [3.05, 3.63) is 136 Å². The van der Waals surface area contributed by atoms with E-state index in [-0.39, 0.29) is 25.4 Å². The van der Waals surface area contributed by atoms with Crippen LogP contribution in [0, 0.1) is 5.92 Å². The van der Waals surface area contributed by atoms with Crippen LogP contribution in [-0.4, -0.2) is 116 Å². The van der Waals surface area contributed by atoms with Crippen LogP contribution in [0.4, 0.5) is 0 Å². The number of amides is 4. The topological polar surface area (TPSA) is 141 Å². The summed E-state index contributed by atoms with van der Waals surface area (Å²) < 4.78 is 8.59. The second-order valence-electron chi connectivity index (χ2n) is 17.6. The highest BCUT2D eigenvalue weighted by atomic mass is 35.5. The summed E-state index contributed by atoms with van der Waals surface area (Å²) in [5, 5.41) is 14.2. The zero-order valence-corrected chi connectivity index (χ0v) is 39.7. The molecule has 2 saturated heterocycles. The number of ether oxygens (including phenoxy) is 1. The number of aromatic nitrogens is 2. The third-order valence-electron chi connectivity index (χ3n) is 13.1. The minimum atomic E-state index is -1.33. The molecule has 4 aromatic carbocycles. The lowest BCUT2D eigenvalue weighted by atomic mass is 9.83. The van der Waals surface area contributed by atoms with Crippen LogP contribution in [0.25, 0.3) is 11.3 Å². The van der Waals surface area contributed by atoms with Crippen molar-refractivity contribution in [1.82, 2.24) is 34.5 Å². The van der Waals surface area contributed by atoms with Gasteiger partial charge >= 0.3 is 0 Å². The predicted molar refractivity (Wildman–Crippen MR) is 256 cm³/mol. The van der Waals surface area contributed by atoms with Crippen molar-refractivity contribution in [2.24, 2.45) is 13.0 Å². The van der Waals surface area contributed by atoms with E-state index in [2.05, 4.69) is 14.8 Å². The number of imidazole rings is 1. The van der Waals surface area contributed by atoms with Crippen LogP contribution >= 0.6 is 23.2 Å². The third-order valence-corrected chi connectivity index (χ3v) is 13.6. The first-order valence-corrected chi connectivity index (χ1v) is 23.3. The molecule has 15 heteroatoms. The molecule has 13 nitrogen and oxygen atoms in total. The van der Waals surface area contributed by atoms with Crippen LogP contribution in [-0.2, 0) is 45.7 Å². The van der Waals surface area contributed by atoms with E-state index in [1.165, 1.54) is 22.6 Å². The number of halogens is 2. The molecule has 66 heavy (non-hydrogen) atoms. The molecule has 0 spiro atoms. The monoisotopic (exact) mass is 935 g/mol. The Kier molecular flexibility index (Phi) is 15.9. The second-order valence-corrected chi connectivity index (χ2v) is 18.5. The summed E-state index contributed by atoms with van der Waals surface area (Å²) in [5.74, 6) is -1.31. The Morgan fingerprint density at radius 2 is 1.53 bits per heavy atom. The summed E-state index contributed by atoms with van der Waals surface area (Å²) >= 11 is 12.7. The number of benzene rings is 4. The molecule has 7 rings (SSSR count). The standard InChI is InChI=1S/C51H59Cl2N7O6/c1-33(36-11-7-6-8-12-36)43-27-48(62)60(34(2)49(63)55-44(32-61)51(65)57(4)41(30-56(3)50(43)64)25-35-13-18-39(52)19-14-35)29-38-15-20-40(53)26-46(38)66-42-21-16-37(17-22-42)45-28-54-47(58(45)5)31-59-23-9-10-24-59/h6-8,11-22,26,28,33-34,41,43-44,61H,9-10,23-25,27,29-32H2,1-5H3,(H,55,63)/t33-,34-,41+,43-,44-/m0/s1. The molecule has 1 aromatic heterocycles. The molecule has 348 valence electrons. The quantitative estimate of drug-likeness (QED) is 0.133. The Balaban J connectivity index is 1.19. The van der Waals surface area contributed by atoms with E-state index in [1.807, 2.05) is 86.9 Å². The van der Waals surface area contributed by atoms with Gasteiger partial charge in [-0.2, -0.15) is 0 Å². The van der Waals surface area contributed by atoms with Crippen LogP contribution in [0.2, 0.25) is 10.0 Å². The maximum absolute atomic E-state index is 14.9. The van der Waals surface area contributed by atoms with Crippen molar-refractivity contribution in [3.8, 4) is 22.8 Å². The van der Waals surface area contributed by atoms with E-state index in [0.717, 1.165) is 47.8 Å². The molecular formula is C51H59Cl2N7O6. The zero-order chi connectivity index (χ0) is 47.1. The molecule has 5 aromatic rings. The summed E-state index contributed by atoms with van der Waals surface area (Å²) in [6, 6.07) is 26.5. The van der Waals surface area contributed by atoms with Crippen LogP contribution in [0.3, 0.4) is 0 Å². The fourth-order valence-electron chi connectivity index (χ4n) is 8.93. The normalized spacial score (nSPS) is 20.9. The first-order valence-electron chi connectivity index (χ1n) is 22.5. The minimum Gasteiger partial charge on any atom is -0.457 e. The average Bonchev–Trinajstić information content (AvgIpc) is 3.98. The SMILES string of the molecule is C[C@@H](c1ccccc1)[C@@H]1CC(=O)N(Cc2ccc(Cl)cc2Oc2ccc(-c3cnc(CN4CCCC4)n3C)cc2)[C@@H](C)C(=O)N[C@@H](CO)C(=O)N(C)[C@H](Cc2ccc(Cl)cc2)CN(C)C1=O. The van der Waals surface area contributed by atoms with Gasteiger partial charge in [0.05, 0.1) is 43.5 Å². The predicted octanol–water partition coefficient (Wildman–Crippen LogP) is 7.33. The molecule has 4 amide bonds. The molecule has 0 unspecified atom stereocenters. The van der Waals surface area contributed by atoms with Gasteiger partial charge in [-0.15, -0.1) is 0 Å². The van der Waals surface area contributed by atoms with E-state index in [1.54, 1.807) is 56.3 Å². The van der Waals surface area contributed by atoms with Crippen LogP contribution in [0.5, 0.6) is 11.5 Å². The lowest BCUT2D eigenvalue weighted by molar-refractivity contribution is -0.148. The Labute approximate surface area is 397 Å². The molecular weight excluding hydrogens is 878 g/mol. The Hall–Kier alpha value is -5.73. The second kappa shape index (κ2) is 21.7. The van der Waals surface area contributed by atoms with Gasteiger partial charge in [0.2, 0.25) is 23.6 Å². The molecule has 0 saturated carbocycles. The molecule has 2 aliphatic rings. The highest BCUT2D eigenvalue weighted by molar-refractivity contribution is 6.31. The first-order chi connectivity index (χ1) is 31.7. The number of rotatable bonds is 12. The fraction of sp³-hybridized carbons (Fsp3) is 0.392. The highest BCUT2D eigenvalue weighted by Gasteiger charge is 2.38. The average molecular weight is 937 g/mol. The van der Waals surface area contributed by atoms with Gasteiger partial charge < -0.3 is 34.4 Å². The molecule has 0 aliphatic carbocycles. The van der Waals surface area contributed by atoms with Gasteiger partial charge in [0, 0.05) is 55.3 Å². The summed E-state index contributed by atoms with van der Waals surface area (Å²) in [5.41, 5.74) is 4.24. The van der Waals surface area contributed by atoms with Crippen molar-refractivity contribution >= 4 is 46.8 Å². The van der Waals surface area contributed by atoms with E-state index in [9.17, 15) is 24.3 Å². The number of carbonyl (C=O) groups excluding carboxylic acids is 4. The fourth-order valence-corrected chi connectivity index (χ4v) is 9.21. The third kappa shape index (κ3) is 11.4. The molecule has 5 atom stereocenters. The summed E-state index contributed by atoms with van der Waals surface area (Å²) in [7, 11) is 5.31. The molecule has 2 aliphatic heterocycles. The number of aliphatic hydroxyl groups excluding tert-OH is 1. The van der Waals surface area contributed by atoms with Gasteiger partial charge in [-0.3, -0.25) is 24.1 Å². The highest BCUT2D eigenvalue weighted by Crippen LogP contribution is 2.34. The van der Waals surface area contributed by atoms with Gasteiger partial charge in [-0.1, -0.05) is 78.7 Å². The maximum Gasteiger partial charge on any atom is 0.247 e. The summed E-state index contributed by atoms with van der Waals surface area (Å²) in [6.07, 6.45) is 4.43. The first kappa shape index (κ1) is 48.2. The van der Waals surface area contributed by atoms with Crippen molar-refractivity contribution < 1.29 is 29.0 Å². The van der Waals surface area contributed by atoms with E-state index < -0.39 is 54.3 Å². The number of hydrogen-bond donors (Lipinski definition) is 2. The molecule has 2 N–H and O–H groups in total. The summed E-state index contributed by atoms with van der Waals surface area (Å²) in [4.78, 5) is 69.8. The number of likely N-dealkylation sites (tertiary alicyclic amines) is 1. The largest absolute Gasteiger partial charge is 0.457 e. The van der Waals surface area contributed by atoms with E-state index in [0.29, 0.717) is 33.5 Å². The van der Waals surface area contributed by atoms with Crippen molar-refractivity contribution in [2.75, 3.05) is 40.3 Å². The molecule has 0 bridgehead atoms. The Morgan fingerprint density at radius 1 is 0.848 bits per heavy atom. The molecule has 0 radical (unpaired) electrons. The van der Waals surface area contributed by atoms with Gasteiger partial charge in [0.15, 0.2) is 0 Å². The van der Waals surface area contributed by atoms with Gasteiger partial charge in [-0.25, -0.2) is 4.98 Å². The Bertz CT molecular complexity index is 2480. The van der Waals surface area contributed by atoms with Gasteiger partial charge in [0.1, 0.15) is 29.4 Å². The minimum absolute atomic E-state index is 0.107. The number of likely N-dealkylation sites (N-methyl/N-ethyl adjacent to an activating group) is 2.